The van der Waals surface area contributed by atoms with E-state index >= 15 is 0 Å². The van der Waals surface area contributed by atoms with E-state index < -0.39 is 0 Å². The van der Waals surface area contributed by atoms with Gasteiger partial charge in [0, 0.05) is 82.7 Å². The van der Waals surface area contributed by atoms with Crippen molar-refractivity contribution < 1.29 is 4.42 Å². The van der Waals surface area contributed by atoms with Crippen LogP contribution in [-0.2, 0) is 0 Å². The maximum absolute atomic E-state index is 6.25. The fourth-order valence-corrected chi connectivity index (χ4v) is 21.0. The highest BCUT2D eigenvalue weighted by atomic mass is 32.1. The first-order chi connectivity index (χ1) is 65.4. The molecule has 0 unspecified atom stereocenters. The van der Waals surface area contributed by atoms with E-state index in [0.29, 0.717) is 17.5 Å². The van der Waals surface area contributed by atoms with Crippen LogP contribution in [0.25, 0.3) is 257 Å². The van der Waals surface area contributed by atoms with Crippen LogP contribution >= 0.6 is 22.7 Å². The lowest BCUT2D eigenvalue weighted by molar-refractivity contribution is 0.620. The zero-order chi connectivity index (χ0) is 87.1. The lowest BCUT2D eigenvalue weighted by Gasteiger charge is -2.11. The molecule has 0 saturated carbocycles. The standard InChI is InChI=1S/C43H27N3S.C41H24N2O.C37H23N3S/c1-4-10-28(11-5-1)29-16-18-31(19-17-29)38-27-37(30-12-6-2-7-13-30)44-42(45-38)35-22-24-36-34(26-35)21-20-32-23-25-39-41(40(32)36)46-43(47-39)33-14-8-3-9-15-33;1-2-10-28(11-3-1)41-42-40-36(44-41)23-18-27-14-15-29-24-30(19-20-33(29)37(27)40)43-34-21-16-25-8-4-6-12-31(25)38(34)39-32-13-7-5-9-26(32)17-22-35(39)43;1-4-10-24(11-5-1)31-23-32(25-12-6-2-7-13-25)39-36(38-31)29-18-20-30-28(22-29)17-16-26-19-21-33-35(34(26)30)40-37(41-33)27-14-8-3-9-15-27/h1-27H;1-24H;1-23H. The van der Waals surface area contributed by atoms with Gasteiger partial charge in [0.1, 0.15) is 15.5 Å². The molecule has 6 aromatic heterocycles. The average Bonchev–Trinajstić information content (AvgIpc) is 1.56. The highest BCUT2D eigenvalue weighted by Crippen LogP contribution is 2.46. The largest absolute Gasteiger partial charge is 0.436 e. The van der Waals surface area contributed by atoms with Crippen molar-refractivity contribution in [3.63, 3.8) is 0 Å². The Hall–Kier alpha value is -17.1. The molecule has 0 N–H and O–H groups in total. The van der Waals surface area contributed by atoms with Crippen molar-refractivity contribution in [1.29, 1.82) is 0 Å². The van der Waals surface area contributed by atoms with Crippen molar-refractivity contribution in [2.45, 2.75) is 0 Å². The van der Waals surface area contributed by atoms with Crippen LogP contribution in [0.2, 0.25) is 0 Å². The number of benzene rings is 21. The van der Waals surface area contributed by atoms with E-state index in [9.17, 15) is 0 Å². The molecule has 21 aromatic carbocycles. The minimum absolute atomic E-state index is 0.645. The van der Waals surface area contributed by atoms with Crippen LogP contribution < -0.4 is 0 Å². The van der Waals surface area contributed by atoms with Gasteiger partial charge in [-0.2, -0.15) is 0 Å². The number of nitrogens with zero attached hydrogens (tertiary/aromatic N) is 8. The van der Waals surface area contributed by atoms with E-state index in [2.05, 4.69) is 356 Å². The highest BCUT2D eigenvalue weighted by Gasteiger charge is 2.23. The predicted octanol–water partition coefficient (Wildman–Crippen LogP) is 33.0. The second-order valence-electron chi connectivity index (χ2n) is 33.3. The topological polar surface area (TPSA) is 108 Å². The van der Waals surface area contributed by atoms with Gasteiger partial charge in [-0.05, 0) is 160 Å². The smallest absolute Gasteiger partial charge is 0.227 e. The van der Waals surface area contributed by atoms with E-state index in [1.165, 1.54) is 107 Å². The maximum Gasteiger partial charge on any atom is 0.227 e. The van der Waals surface area contributed by atoms with Gasteiger partial charge in [-0.3, -0.25) is 0 Å². The van der Waals surface area contributed by atoms with Gasteiger partial charge in [0.05, 0.1) is 54.2 Å². The zero-order valence-corrected chi connectivity index (χ0v) is 72.7. The van der Waals surface area contributed by atoms with E-state index in [1.807, 2.05) is 97.1 Å². The van der Waals surface area contributed by atoms with Crippen LogP contribution in [0.1, 0.15) is 0 Å². The Morgan fingerprint density at radius 2 is 0.515 bits per heavy atom. The summed E-state index contributed by atoms with van der Waals surface area (Å²) in [4.78, 5) is 35.6. The molecule has 0 bridgehead atoms. The Balaban J connectivity index is 0.000000107. The molecule has 9 nitrogen and oxygen atoms in total. The highest BCUT2D eigenvalue weighted by molar-refractivity contribution is 7.22. The summed E-state index contributed by atoms with van der Waals surface area (Å²) in [6, 6.07) is 158. The van der Waals surface area contributed by atoms with Crippen molar-refractivity contribution in [3.8, 4) is 117 Å². The first-order valence-corrected chi connectivity index (χ1v) is 45.9. The summed E-state index contributed by atoms with van der Waals surface area (Å²) >= 11 is 3.48. The number of thiazole rings is 2. The molecule has 27 rings (SSSR count). The Kier molecular flexibility index (Phi) is 19.1. The van der Waals surface area contributed by atoms with Gasteiger partial charge in [0.25, 0.3) is 0 Å². The van der Waals surface area contributed by atoms with Crippen molar-refractivity contribution in [2.24, 2.45) is 0 Å². The van der Waals surface area contributed by atoms with Crippen molar-refractivity contribution in [3.05, 3.63) is 449 Å². The molecular weight excluding hydrogens is 1650 g/mol. The quantitative estimate of drug-likeness (QED) is 0.118. The second-order valence-corrected chi connectivity index (χ2v) is 35.4. The number of hydrogen-bond donors (Lipinski definition) is 0. The number of rotatable bonds is 11. The van der Waals surface area contributed by atoms with Crippen LogP contribution in [-0.4, -0.2) is 39.5 Å². The molecule has 0 fully saturated rings. The van der Waals surface area contributed by atoms with Crippen molar-refractivity contribution >= 4 is 162 Å². The van der Waals surface area contributed by atoms with E-state index in [4.69, 9.17) is 39.3 Å². The van der Waals surface area contributed by atoms with Crippen LogP contribution in [0.5, 0.6) is 0 Å². The minimum atomic E-state index is 0.645. The summed E-state index contributed by atoms with van der Waals surface area (Å²) in [5.74, 6) is 2.06. The lowest BCUT2D eigenvalue weighted by Crippen LogP contribution is -1.96. The molecule has 0 aliphatic heterocycles. The van der Waals surface area contributed by atoms with Gasteiger partial charge in [0.15, 0.2) is 17.2 Å². The summed E-state index contributed by atoms with van der Waals surface area (Å²) in [5.41, 5.74) is 22.8. The average molecular weight is 1720 g/mol. The normalized spacial score (nSPS) is 11.6. The van der Waals surface area contributed by atoms with Gasteiger partial charge in [0.2, 0.25) is 5.89 Å². The third kappa shape index (κ3) is 14.0. The zero-order valence-electron chi connectivity index (χ0n) is 71.0. The van der Waals surface area contributed by atoms with Crippen molar-refractivity contribution in [2.75, 3.05) is 0 Å². The molecule has 0 atom stereocenters. The molecular formula is C121H74N8OS2. The van der Waals surface area contributed by atoms with E-state index in [-0.39, 0.29) is 0 Å². The number of hydrogen-bond acceptors (Lipinski definition) is 10. The molecule has 0 saturated heterocycles. The molecule has 616 valence electrons. The van der Waals surface area contributed by atoms with Crippen LogP contribution in [0.4, 0.5) is 0 Å². The fourth-order valence-electron chi connectivity index (χ4n) is 19.0. The lowest BCUT2D eigenvalue weighted by atomic mass is 9.98. The monoisotopic (exact) mass is 1720 g/mol. The fraction of sp³-hybridized carbons (Fsp3) is 0. The van der Waals surface area contributed by atoms with Crippen LogP contribution in [0, 0.1) is 0 Å². The Morgan fingerprint density at radius 3 is 0.962 bits per heavy atom. The number of fused-ring (bicyclic) bond motifs is 22. The Bertz CT molecular complexity index is 9040. The molecule has 132 heavy (non-hydrogen) atoms. The third-order valence-corrected chi connectivity index (χ3v) is 27.5. The maximum atomic E-state index is 6.25. The summed E-state index contributed by atoms with van der Waals surface area (Å²) in [5, 5.41) is 23.7. The molecule has 11 heteroatoms. The molecule has 6 heterocycles. The van der Waals surface area contributed by atoms with E-state index in [1.54, 1.807) is 22.7 Å². The Labute approximate surface area is 766 Å². The third-order valence-electron chi connectivity index (χ3n) is 25.4. The molecule has 0 spiro atoms. The molecule has 0 radical (unpaired) electrons. The van der Waals surface area contributed by atoms with Gasteiger partial charge >= 0.3 is 0 Å². The molecule has 0 aliphatic rings. The number of aromatic nitrogens is 8. The van der Waals surface area contributed by atoms with Gasteiger partial charge in [-0.25, -0.2) is 34.9 Å². The van der Waals surface area contributed by atoms with Gasteiger partial charge in [-0.1, -0.05) is 370 Å². The molecule has 27 aromatic rings. The predicted molar refractivity (Wildman–Crippen MR) is 553 cm³/mol. The summed E-state index contributed by atoms with van der Waals surface area (Å²) < 4.78 is 11.1. The molecule has 0 aliphatic carbocycles. The van der Waals surface area contributed by atoms with Crippen molar-refractivity contribution in [1.82, 2.24) is 39.5 Å². The minimum Gasteiger partial charge on any atom is -0.436 e. The molecule has 0 amide bonds. The van der Waals surface area contributed by atoms with Crippen LogP contribution in [0.15, 0.2) is 453 Å². The first kappa shape index (κ1) is 77.3. The number of oxazole rings is 1. The van der Waals surface area contributed by atoms with Gasteiger partial charge in [-0.15, -0.1) is 22.7 Å². The summed E-state index contributed by atoms with van der Waals surface area (Å²) in [6.45, 7) is 0. The van der Waals surface area contributed by atoms with Gasteiger partial charge < -0.3 is 8.98 Å². The van der Waals surface area contributed by atoms with Crippen LogP contribution in [0.3, 0.4) is 0 Å². The van der Waals surface area contributed by atoms with E-state index in [0.717, 1.165) is 132 Å². The SMILES string of the molecule is c1ccc(-c2cc(-c3ccccc3)nc(-c3ccc4c(ccc5ccc6sc(-c7ccccc7)nc6c54)c3)n2)cc1.c1ccc(-c2ccc(-c3cc(-c4ccccc4)nc(-c4ccc5c(ccc6ccc7sc(-c8ccccc8)nc7c65)c4)n3)cc2)cc1.c1ccc(-c2nc3c(ccc4ccc5cc(-n6c7ccc8ccccc8c7c7c8ccccc8ccc76)ccc5c43)o2)cc1. The second kappa shape index (κ2) is 32.6. The summed E-state index contributed by atoms with van der Waals surface area (Å²) in [7, 11) is 0. The summed E-state index contributed by atoms with van der Waals surface area (Å²) in [6.07, 6.45) is 0. The Morgan fingerprint density at radius 1 is 0.197 bits per heavy atom. The first-order valence-electron chi connectivity index (χ1n) is 44.3.